The first-order valence-electron chi connectivity index (χ1n) is 7.03. The summed E-state index contributed by atoms with van der Waals surface area (Å²) in [5.74, 6) is -0.128. The number of pyridine rings is 1. The molecule has 2 fully saturated rings. The van der Waals surface area contributed by atoms with Gasteiger partial charge >= 0.3 is 0 Å². The minimum Gasteiger partial charge on any atom is -0.345 e. The molecular weight excluding hydrogens is 332 g/mol. The van der Waals surface area contributed by atoms with E-state index in [1.807, 2.05) is 30.4 Å². The van der Waals surface area contributed by atoms with Gasteiger partial charge in [0.1, 0.15) is 19.0 Å². The number of carbonyl (C=O) groups excluding carboxylic acids is 1. The van der Waals surface area contributed by atoms with Crippen LogP contribution in [0.2, 0.25) is 0 Å². The van der Waals surface area contributed by atoms with Crippen molar-refractivity contribution in [3.63, 3.8) is 0 Å². The highest BCUT2D eigenvalue weighted by Gasteiger charge is 2.37. The quantitative estimate of drug-likeness (QED) is 0.607. The Bertz CT molecular complexity index is 758. The van der Waals surface area contributed by atoms with Crippen LogP contribution in [0.5, 0.6) is 0 Å². The van der Waals surface area contributed by atoms with Gasteiger partial charge in [0, 0.05) is 18.1 Å². The van der Waals surface area contributed by atoms with Gasteiger partial charge in [-0.3, -0.25) is 14.7 Å². The highest BCUT2D eigenvalue weighted by atomic mass is 32.2. The number of fused-ring (bicyclic) bond motifs is 1. The molecule has 1 aromatic rings. The van der Waals surface area contributed by atoms with Crippen molar-refractivity contribution in [2.24, 2.45) is 0 Å². The molecule has 3 aliphatic rings. The number of carbonyl (C=O) groups is 1. The lowest BCUT2D eigenvalue weighted by Gasteiger charge is -2.22. The van der Waals surface area contributed by atoms with Crippen molar-refractivity contribution in [1.29, 1.82) is 0 Å². The Morgan fingerprint density at radius 3 is 3.09 bits per heavy atom. The van der Waals surface area contributed by atoms with Gasteiger partial charge in [0.05, 0.1) is 4.91 Å². The summed E-state index contributed by atoms with van der Waals surface area (Å²) in [6, 6.07) is 3.73. The maximum atomic E-state index is 12.7. The van der Waals surface area contributed by atoms with Crippen LogP contribution in [0.1, 0.15) is 5.56 Å². The Kier molecular flexibility index (Phi) is 3.86. The number of nitrogens with zero attached hydrogens (tertiary/aromatic N) is 2. The second kappa shape index (κ2) is 6.01. The summed E-state index contributed by atoms with van der Waals surface area (Å²) in [4.78, 5) is 18.9. The van der Waals surface area contributed by atoms with Crippen LogP contribution in [-0.4, -0.2) is 39.1 Å². The van der Waals surface area contributed by atoms with E-state index in [-0.39, 0.29) is 24.9 Å². The monoisotopic (exact) mass is 344 g/mol. The molecule has 1 amide bonds. The van der Waals surface area contributed by atoms with Crippen LogP contribution >= 0.6 is 24.0 Å². The van der Waals surface area contributed by atoms with Crippen molar-refractivity contribution < 1.29 is 14.3 Å². The predicted molar refractivity (Wildman–Crippen MR) is 91.1 cm³/mol. The molecule has 5 nitrogen and oxygen atoms in total. The zero-order valence-electron chi connectivity index (χ0n) is 11.9. The van der Waals surface area contributed by atoms with Gasteiger partial charge in [0.15, 0.2) is 4.32 Å². The van der Waals surface area contributed by atoms with Crippen LogP contribution in [0, 0.1) is 0 Å². The van der Waals surface area contributed by atoms with Crippen molar-refractivity contribution in [2.75, 3.05) is 6.79 Å². The average Bonchev–Trinajstić information content (AvgIpc) is 3.13. The van der Waals surface area contributed by atoms with E-state index < -0.39 is 0 Å². The molecule has 2 atom stereocenters. The first kappa shape index (κ1) is 14.8. The molecule has 116 valence electrons. The number of hydrogen-bond acceptors (Lipinski definition) is 6. The third-order valence-corrected chi connectivity index (χ3v) is 4.97. The summed E-state index contributed by atoms with van der Waals surface area (Å²) in [6.07, 6.45) is 10.6. The van der Waals surface area contributed by atoms with E-state index in [4.69, 9.17) is 21.7 Å². The largest absolute Gasteiger partial charge is 0.345 e. The average molecular weight is 344 g/mol. The van der Waals surface area contributed by atoms with Crippen LogP contribution in [0.25, 0.3) is 6.08 Å². The number of rotatable bonds is 2. The van der Waals surface area contributed by atoms with Crippen LogP contribution < -0.4 is 0 Å². The topological polar surface area (TPSA) is 51.7 Å². The van der Waals surface area contributed by atoms with Gasteiger partial charge in [0.2, 0.25) is 0 Å². The fourth-order valence-corrected chi connectivity index (χ4v) is 3.86. The molecule has 1 aromatic heterocycles. The predicted octanol–water partition coefficient (Wildman–Crippen LogP) is 2.48. The molecule has 0 bridgehead atoms. The number of hydrogen-bond donors (Lipinski definition) is 0. The van der Waals surface area contributed by atoms with Crippen molar-refractivity contribution >= 4 is 40.3 Å². The SMILES string of the molecule is O=C1/C(=C/c2cccnc2)SC(=S)N1C1=C[C@H]2OCO[C@H]2C=C1. The molecule has 7 heteroatoms. The molecule has 23 heavy (non-hydrogen) atoms. The summed E-state index contributed by atoms with van der Waals surface area (Å²) >= 11 is 6.67. The second-order valence-electron chi connectivity index (χ2n) is 5.13. The van der Waals surface area contributed by atoms with E-state index in [2.05, 4.69) is 4.98 Å². The number of amides is 1. The molecule has 0 aromatic carbocycles. The molecule has 0 radical (unpaired) electrons. The van der Waals surface area contributed by atoms with Gasteiger partial charge in [-0.1, -0.05) is 36.1 Å². The summed E-state index contributed by atoms with van der Waals surface area (Å²) in [7, 11) is 0. The number of thiocarbonyl (C=S) groups is 1. The van der Waals surface area contributed by atoms with Crippen molar-refractivity contribution in [3.8, 4) is 0 Å². The molecule has 4 rings (SSSR count). The van der Waals surface area contributed by atoms with Crippen LogP contribution in [-0.2, 0) is 14.3 Å². The minimum absolute atomic E-state index is 0.0805. The van der Waals surface area contributed by atoms with Gasteiger partial charge in [-0.05, 0) is 29.9 Å². The number of allylic oxidation sites excluding steroid dienone is 1. The van der Waals surface area contributed by atoms with Crippen LogP contribution in [0.3, 0.4) is 0 Å². The van der Waals surface area contributed by atoms with E-state index in [1.54, 1.807) is 18.5 Å². The molecule has 0 unspecified atom stereocenters. The molecule has 1 aliphatic carbocycles. The summed E-state index contributed by atoms with van der Waals surface area (Å²) in [5.41, 5.74) is 1.60. The zero-order chi connectivity index (χ0) is 15.8. The highest BCUT2D eigenvalue weighted by molar-refractivity contribution is 8.26. The fraction of sp³-hybridized carbons (Fsp3) is 0.188. The number of ether oxygens (including phenoxy) is 2. The third kappa shape index (κ3) is 2.76. The molecule has 0 saturated carbocycles. The maximum absolute atomic E-state index is 12.7. The van der Waals surface area contributed by atoms with Gasteiger partial charge in [-0.15, -0.1) is 0 Å². The Morgan fingerprint density at radius 1 is 1.39 bits per heavy atom. The number of thioether (sulfide) groups is 1. The summed E-state index contributed by atoms with van der Waals surface area (Å²) in [6.45, 7) is 0.267. The Morgan fingerprint density at radius 2 is 2.26 bits per heavy atom. The maximum Gasteiger partial charge on any atom is 0.270 e. The zero-order valence-corrected chi connectivity index (χ0v) is 13.5. The van der Waals surface area contributed by atoms with E-state index >= 15 is 0 Å². The second-order valence-corrected chi connectivity index (χ2v) is 6.81. The van der Waals surface area contributed by atoms with Crippen molar-refractivity contribution in [3.05, 3.63) is 58.9 Å². The van der Waals surface area contributed by atoms with E-state index in [9.17, 15) is 4.79 Å². The Balaban J connectivity index is 1.61. The molecule has 0 N–H and O–H groups in total. The minimum atomic E-state index is -0.165. The van der Waals surface area contributed by atoms with Gasteiger partial charge in [0.25, 0.3) is 5.91 Å². The van der Waals surface area contributed by atoms with Gasteiger partial charge in [-0.25, -0.2) is 0 Å². The van der Waals surface area contributed by atoms with E-state index in [0.717, 1.165) is 11.3 Å². The van der Waals surface area contributed by atoms with Gasteiger partial charge in [-0.2, -0.15) is 0 Å². The van der Waals surface area contributed by atoms with E-state index in [1.165, 1.54) is 16.7 Å². The number of aromatic nitrogens is 1. The van der Waals surface area contributed by atoms with E-state index in [0.29, 0.717) is 9.23 Å². The summed E-state index contributed by atoms with van der Waals surface area (Å²) in [5, 5.41) is 0. The third-order valence-electron chi connectivity index (χ3n) is 3.67. The smallest absolute Gasteiger partial charge is 0.270 e. The van der Waals surface area contributed by atoms with Crippen LogP contribution in [0.4, 0.5) is 0 Å². The fourth-order valence-electron chi connectivity index (χ4n) is 2.56. The van der Waals surface area contributed by atoms with Gasteiger partial charge < -0.3 is 9.47 Å². The Labute approximate surface area is 142 Å². The Hall–Kier alpha value is -1.80. The normalized spacial score (nSPS) is 28.4. The lowest BCUT2D eigenvalue weighted by Crippen LogP contribution is -2.31. The first-order chi connectivity index (χ1) is 11.2. The highest BCUT2D eigenvalue weighted by Crippen LogP contribution is 2.36. The molecular formula is C16H12N2O3S2. The molecule has 2 aliphatic heterocycles. The van der Waals surface area contributed by atoms with Crippen molar-refractivity contribution in [2.45, 2.75) is 12.2 Å². The molecule has 0 spiro atoms. The lowest BCUT2D eigenvalue weighted by atomic mass is 10.1. The lowest BCUT2D eigenvalue weighted by molar-refractivity contribution is -0.120. The molecule has 3 heterocycles. The molecule has 2 saturated heterocycles. The van der Waals surface area contributed by atoms with Crippen LogP contribution in [0.15, 0.2) is 53.4 Å². The standard InChI is InChI=1S/C16H12N2O3S2/c19-15-14(6-10-2-1-5-17-8-10)23-16(22)18(15)11-3-4-12-13(7-11)21-9-20-12/h1-8,12-13H,9H2/b14-6-/t12-,13+/m0/s1. The first-order valence-corrected chi connectivity index (χ1v) is 8.26. The van der Waals surface area contributed by atoms with Crippen molar-refractivity contribution in [1.82, 2.24) is 9.88 Å². The summed E-state index contributed by atoms with van der Waals surface area (Å²) < 4.78 is 11.4.